The first-order valence-corrected chi connectivity index (χ1v) is 6.90. The van der Waals surface area contributed by atoms with E-state index in [1.165, 1.54) is 10.4 Å². The van der Waals surface area contributed by atoms with Crippen LogP contribution in [-0.2, 0) is 0 Å². The van der Waals surface area contributed by atoms with E-state index < -0.39 is 0 Å². The maximum atomic E-state index is 8.89. The molecule has 4 heteroatoms. The van der Waals surface area contributed by atoms with Crippen molar-refractivity contribution >= 4 is 23.1 Å². The second-order valence-electron chi connectivity index (χ2n) is 5.08. The molecule has 0 spiro atoms. The van der Waals surface area contributed by atoms with Crippen molar-refractivity contribution in [3.05, 3.63) is 52.7 Å². The van der Waals surface area contributed by atoms with E-state index in [1.54, 1.807) is 17.1 Å². The van der Waals surface area contributed by atoms with Crippen molar-refractivity contribution in [3.63, 3.8) is 0 Å². The van der Waals surface area contributed by atoms with Crippen LogP contribution in [0.15, 0.2) is 36.7 Å². The Balaban J connectivity index is 2.00. The molecule has 0 unspecified atom stereocenters. The average Bonchev–Trinajstić information content (AvgIpc) is 3.03. The second-order valence-corrected chi connectivity index (χ2v) is 5.08. The second kappa shape index (κ2) is 4.57. The average molecular weight is 272 g/mol. The molecule has 1 aliphatic rings. The topological polar surface area (TPSA) is 54.5 Å². The van der Waals surface area contributed by atoms with E-state index in [0.29, 0.717) is 5.56 Å². The lowest BCUT2D eigenvalue weighted by molar-refractivity contribution is 0.852. The van der Waals surface area contributed by atoms with Crippen molar-refractivity contribution in [2.24, 2.45) is 0 Å². The van der Waals surface area contributed by atoms with Gasteiger partial charge in [0.15, 0.2) is 5.82 Å². The van der Waals surface area contributed by atoms with Crippen LogP contribution in [0.3, 0.4) is 0 Å². The van der Waals surface area contributed by atoms with Crippen molar-refractivity contribution in [2.75, 3.05) is 0 Å². The maximum Gasteiger partial charge on any atom is 0.154 e. The zero-order valence-corrected chi connectivity index (χ0v) is 11.3. The molecule has 0 atom stereocenters. The van der Waals surface area contributed by atoms with Gasteiger partial charge in [0.05, 0.1) is 23.5 Å². The van der Waals surface area contributed by atoms with Gasteiger partial charge in [0.2, 0.25) is 0 Å². The minimum absolute atomic E-state index is 0.534. The molecule has 3 aromatic rings. The quantitative estimate of drug-likeness (QED) is 0.677. The van der Waals surface area contributed by atoms with Crippen LogP contribution in [0, 0.1) is 11.3 Å². The summed E-state index contributed by atoms with van der Waals surface area (Å²) >= 11 is 0. The monoisotopic (exact) mass is 272 g/mol. The molecule has 2 aromatic heterocycles. The first-order valence-electron chi connectivity index (χ1n) is 6.90. The van der Waals surface area contributed by atoms with Crippen molar-refractivity contribution in [1.82, 2.24) is 14.8 Å². The van der Waals surface area contributed by atoms with Crippen LogP contribution >= 0.6 is 0 Å². The first kappa shape index (κ1) is 11.9. The van der Waals surface area contributed by atoms with E-state index in [-0.39, 0.29) is 0 Å². The fourth-order valence-corrected chi connectivity index (χ4v) is 2.71. The van der Waals surface area contributed by atoms with Gasteiger partial charge >= 0.3 is 0 Å². The van der Waals surface area contributed by atoms with Gasteiger partial charge in [0, 0.05) is 10.6 Å². The van der Waals surface area contributed by atoms with E-state index in [2.05, 4.69) is 35.5 Å². The number of aromatic nitrogens is 3. The van der Waals surface area contributed by atoms with Gasteiger partial charge in [-0.05, 0) is 30.2 Å². The zero-order valence-electron chi connectivity index (χ0n) is 11.3. The minimum Gasteiger partial charge on any atom is -0.228 e. The molecule has 0 aliphatic heterocycles. The van der Waals surface area contributed by atoms with Crippen molar-refractivity contribution in [2.45, 2.75) is 12.8 Å². The molecule has 2 heterocycles. The van der Waals surface area contributed by atoms with Gasteiger partial charge in [-0.25, -0.2) is 9.67 Å². The summed E-state index contributed by atoms with van der Waals surface area (Å²) in [4.78, 5) is 4.75. The van der Waals surface area contributed by atoms with E-state index in [9.17, 15) is 0 Å². The Morgan fingerprint density at radius 2 is 1.95 bits per heavy atom. The lowest BCUT2D eigenvalue weighted by Gasteiger charge is -2.06. The normalized spacial score (nSPS) is 13.1. The van der Waals surface area contributed by atoms with Crippen LogP contribution in [0.25, 0.3) is 28.9 Å². The molecule has 0 saturated heterocycles. The molecule has 0 amide bonds. The molecule has 0 fully saturated rings. The summed E-state index contributed by atoms with van der Waals surface area (Å²) in [7, 11) is 0. The van der Waals surface area contributed by atoms with Gasteiger partial charge in [-0.2, -0.15) is 10.4 Å². The number of nitrogens with zero attached hydrogens (tertiary/aromatic N) is 4. The lowest BCUT2D eigenvalue weighted by atomic mass is 10.0. The van der Waals surface area contributed by atoms with Crippen LogP contribution in [-0.4, -0.2) is 14.8 Å². The van der Waals surface area contributed by atoms with Crippen LogP contribution in [0.5, 0.6) is 0 Å². The number of hydrogen-bond donors (Lipinski definition) is 0. The molecular formula is C17H12N4. The minimum atomic E-state index is 0.534. The number of rotatable bonds is 1. The summed E-state index contributed by atoms with van der Waals surface area (Å²) in [6.07, 6.45) is 9.88. The molecule has 4 rings (SSSR count). The van der Waals surface area contributed by atoms with Crippen molar-refractivity contribution < 1.29 is 0 Å². The summed E-state index contributed by atoms with van der Waals surface area (Å²) in [5, 5.41) is 16.7. The van der Waals surface area contributed by atoms with Crippen molar-refractivity contribution in [3.8, 4) is 11.9 Å². The van der Waals surface area contributed by atoms with Gasteiger partial charge in [-0.3, -0.25) is 0 Å². The van der Waals surface area contributed by atoms with E-state index in [1.807, 2.05) is 12.1 Å². The fourth-order valence-electron chi connectivity index (χ4n) is 2.71. The third kappa shape index (κ3) is 1.91. The van der Waals surface area contributed by atoms with Crippen LogP contribution in [0.1, 0.15) is 18.4 Å². The van der Waals surface area contributed by atoms with Gasteiger partial charge in [0.1, 0.15) is 6.07 Å². The highest BCUT2D eigenvalue weighted by Gasteiger charge is 2.06. The van der Waals surface area contributed by atoms with Gasteiger partial charge in [-0.1, -0.05) is 24.3 Å². The SMILES string of the molecule is N#Cc1cnn(-c2ccc3ccc4c(c3n2)=CCCC=4)c1. The van der Waals surface area contributed by atoms with Crippen molar-refractivity contribution in [1.29, 1.82) is 5.26 Å². The maximum absolute atomic E-state index is 8.89. The molecule has 0 bridgehead atoms. The third-order valence-corrected chi connectivity index (χ3v) is 3.75. The Hall–Kier alpha value is -2.93. The van der Waals surface area contributed by atoms with Gasteiger partial charge in [-0.15, -0.1) is 0 Å². The lowest BCUT2D eigenvalue weighted by Crippen LogP contribution is -2.28. The smallest absolute Gasteiger partial charge is 0.154 e. The summed E-state index contributed by atoms with van der Waals surface area (Å²) in [5.74, 6) is 0.733. The summed E-state index contributed by atoms with van der Waals surface area (Å²) in [6.45, 7) is 0. The number of hydrogen-bond acceptors (Lipinski definition) is 3. The molecule has 1 aromatic carbocycles. The van der Waals surface area contributed by atoms with Crippen LogP contribution < -0.4 is 10.4 Å². The molecular weight excluding hydrogens is 260 g/mol. The summed E-state index contributed by atoms with van der Waals surface area (Å²) in [6, 6.07) is 10.3. The molecule has 4 nitrogen and oxygen atoms in total. The Labute approximate surface area is 121 Å². The van der Waals surface area contributed by atoms with E-state index in [0.717, 1.165) is 29.6 Å². The van der Waals surface area contributed by atoms with Gasteiger partial charge in [0.25, 0.3) is 0 Å². The predicted molar refractivity (Wildman–Crippen MR) is 81.0 cm³/mol. The van der Waals surface area contributed by atoms with Gasteiger partial charge < -0.3 is 0 Å². The largest absolute Gasteiger partial charge is 0.228 e. The highest BCUT2D eigenvalue weighted by molar-refractivity contribution is 5.81. The first-order chi connectivity index (χ1) is 10.3. The summed E-state index contributed by atoms with van der Waals surface area (Å²) in [5.41, 5.74) is 1.53. The Kier molecular flexibility index (Phi) is 2.58. The Bertz CT molecular complexity index is 1010. The van der Waals surface area contributed by atoms with Crippen LogP contribution in [0.2, 0.25) is 0 Å². The van der Waals surface area contributed by atoms with Crippen LogP contribution in [0.4, 0.5) is 0 Å². The zero-order chi connectivity index (χ0) is 14.2. The Morgan fingerprint density at radius 1 is 1.10 bits per heavy atom. The molecule has 100 valence electrons. The fraction of sp³-hybridized carbons (Fsp3) is 0.118. The number of pyridine rings is 1. The molecule has 0 radical (unpaired) electrons. The molecule has 1 aliphatic carbocycles. The Morgan fingerprint density at radius 3 is 2.81 bits per heavy atom. The third-order valence-electron chi connectivity index (χ3n) is 3.75. The number of benzene rings is 1. The highest BCUT2D eigenvalue weighted by Crippen LogP contribution is 2.12. The number of nitriles is 1. The van der Waals surface area contributed by atoms with E-state index >= 15 is 0 Å². The highest BCUT2D eigenvalue weighted by atomic mass is 15.3. The standard InChI is InChI=1S/C17H12N4/c18-9-12-10-19-21(11-12)16-8-7-14-6-5-13-3-1-2-4-15(13)17(14)20-16/h3-8,10-11H,1-2H2. The van der Waals surface area contributed by atoms with E-state index in [4.69, 9.17) is 10.2 Å². The number of fused-ring (bicyclic) bond motifs is 3. The molecule has 0 N–H and O–H groups in total. The molecule has 21 heavy (non-hydrogen) atoms. The summed E-state index contributed by atoms with van der Waals surface area (Å²) < 4.78 is 1.64. The predicted octanol–water partition coefficient (Wildman–Crippen LogP) is 1.65. The molecule has 0 saturated carbocycles.